The van der Waals surface area contributed by atoms with E-state index in [2.05, 4.69) is 10.6 Å². The van der Waals surface area contributed by atoms with Gasteiger partial charge in [-0.1, -0.05) is 23.7 Å². The fourth-order valence-corrected chi connectivity index (χ4v) is 3.04. The molecule has 0 aliphatic carbocycles. The van der Waals surface area contributed by atoms with Crippen molar-refractivity contribution in [2.75, 3.05) is 18.1 Å². The summed E-state index contributed by atoms with van der Waals surface area (Å²) in [5.74, 6) is 1.98. The van der Waals surface area contributed by atoms with E-state index in [4.69, 9.17) is 11.6 Å². The van der Waals surface area contributed by atoms with E-state index in [1.165, 1.54) is 0 Å². The molecule has 0 bridgehead atoms. The second kappa shape index (κ2) is 6.45. The van der Waals surface area contributed by atoms with Gasteiger partial charge in [-0.15, -0.1) is 0 Å². The van der Waals surface area contributed by atoms with Crippen molar-refractivity contribution in [3.05, 3.63) is 34.9 Å². The highest BCUT2D eigenvalue weighted by Gasteiger charge is 2.22. The Morgan fingerprint density at radius 3 is 3.11 bits per heavy atom. The van der Waals surface area contributed by atoms with Crippen molar-refractivity contribution in [3.63, 3.8) is 0 Å². The Morgan fingerprint density at radius 1 is 1.61 bits per heavy atom. The summed E-state index contributed by atoms with van der Waals surface area (Å²) < 4.78 is 0. The molecule has 1 heterocycles. The molecule has 1 unspecified atom stereocenters. The Morgan fingerprint density at radius 2 is 2.44 bits per heavy atom. The molecule has 1 fully saturated rings. The second-order valence-electron chi connectivity index (χ2n) is 4.37. The maximum absolute atomic E-state index is 12.0. The molecule has 3 nitrogen and oxygen atoms in total. The third-order valence-corrected chi connectivity index (χ3v) is 4.24. The van der Waals surface area contributed by atoms with Gasteiger partial charge < -0.3 is 10.6 Å². The van der Waals surface area contributed by atoms with Crippen molar-refractivity contribution in [1.82, 2.24) is 10.6 Å². The van der Waals surface area contributed by atoms with Crippen LogP contribution >= 0.6 is 23.4 Å². The maximum Gasteiger partial charge on any atom is 0.238 e. The van der Waals surface area contributed by atoms with Crippen molar-refractivity contribution in [1.29, 1.82) is 0 Å². The minimum atomic E-state index is -0.0783. The SMILES string of the molecule is C[C@@H](NC(=O)C1CSCCN1)c1cccc(Cl)c1. The number of carbonyl (C=O) groups is 1. The molecule has 2 atom stereocenters. The lowest BCUT2D eigenvalue weighted by Crippen LogP contribution is -2.49. The Labute approximate surface area is 117 Å². The Kier molecular flexibility index (Phi) is 4.92. The van der Waals surface area contributed by atoms with Gasteiger partial charge >= 0.3 is 0 Å². The zero-order valence-electron chi connectivity index (χ0n) is 10.3. The summed E-state index contributed by atoms with van der Waals surface area (Å²) in [5, 5.41) is 6.94. The lowest BCUT2D eigenvalue weighted by molar-refractivity contribution is -0.123. The van der Waals surface area contributed by atoms with Gasteiger partial charge in [0.25, 0.3) is 0 Å². The molecule has 1 saturated heterocycles. The number of rotatable bonds is 3. The normalized spacial score (nSPS) is 21.3. The Bertz CT molecular complexity index is 421. The second-order valence-corrected chi connectivity index (χ2v) is 5.95. The number of benzene rings is 1. The molecule has 1 aliphatic heterocycles. The van der Waals surface area contributed by atoms with Crippen LogP contribution in [0.4, 0.5) is 0 Å². The van der Waals surface area contributed by atoms with Crippen molar-refractivity contribution < 1.29 is 4.79 Å². The molecule has 1 aromatic carbocycles. The quantitative estimate of drug-likeness (QED) is 0.894. The third-order valence-electron chi connectivity index (χ3n) is 2.95. The van der Waals surface area contributed by atoms with Crippen molar-refractivity contribution in [2.24, 2.45) is 0 Å². The summed E-state index contributed by atoms with van der Waals surface area (Å²) in [6.45, 7) is 2.87. The largest absolute Gasteiger partial charge is 0.348 e. The average molecular weight is 285 g/mol. The number of thioether (sulfide) groups is 1. The van der Waals surface area contributed by atoms with E-state index in [9.17, 15) is 4.79 Å². The zero-order chi connectivity index (χ0) is 13.0. The smallest absolute Gasteiger partial charge is 0.238 e. The van der Waals surface area contributed by atoms with E-state index >= 15 is 0 Å². The molecular formula is C13H17ClN2OS. The van der Waals surface area contributed by atoms with Crippen LogP contribution in [0, 0.1) is 0 Å². The number of hydrogen-bond donors (Lipinski definition) is 2. The lowest BCUT2D eigenvalue weighted by atomic mass is 10.1. The summed E-state index contributed by atoms with van der Waals surface area (Å²) in [6, 6.07) is 7.49. The fourth-order valence-electron chi connectivity index (χ4n) is 1.91. The summed E-state index contributed by atoms with van der Waals surface area (Å²) in [5.41, 5.74) is 1.03. The van der Waals surface area contributed by atoms with Crippen LogP contribution in [0.3, 0.4) is 0 Å². The van der Waals surface area contributed by atoms with Crippen molar-refractivity contribution in [3.8, 4) is 0 Å². The molecule has 1 aromatic rings. The highest BCUT2D eigenvalue weighted by atomic mass is 35.5. The number of nitrogens with one attached hydrogen (secondary N) is 2. The van der Waals surface area contributed by atoms with Gasteiger partial charge in [0.1, 0.15) is 0 Å². The van der Waals surface area contributed by atoms with Crippen LogP contribution in [-0.2, 0) is 4.79 Å². The highest BCUT2D eigenvalue weighted by molar-refractivity contribution is 7.99. The monoisotopic (exact) mass is 284 g/mol. The van der Waals surface area contributed by atoms with Crippen LogP contribution in [0.25, 0.3) is 0 Å². The maximum atomic E-state index is 12.0. The van der Waals surface area contributed by atoms with Gasteiger partial charge in [0.05, 0.1) is 12.1 Å². The molecule has 1 amide bonds. The van der Waals surface area contributed by atoms with Crippen LogP contribution in [0.15, 0.2) is 24.3 Å². The zero-order valence-corrected chi connectivity index (χ0v) is 11.9. The summed E-state index contributed by atoms with van der Waals surface area (Å²) in [6.07, 6.45) is 0. The van der Waals surface area contributed by atoms with E-state index in [-0.39, 0.29) is 18.0 Å². The number of hydrogen-bond acceptors (Lipinski definition) is 3. The first-order valence-corrected chi connectivity index (χ1v) is 7.57. The molecule has 1 aliphatic rings. The Balaban J connectivity index is 1.94. The van der Waals surface area contributed by atoms with Gasteiger partial charge in [-0.25, -0.2) is 0 Å². The molecular weight excluding hydrogens is 268 g/mol. The van der Waals surface area contributed by atoms with Gasteiger partial charge in [-0.3, -0.25) is 4.79 Å². The van der Waals surface area contributed by atoms with E-state index in [0.29, 0.717) is 5.02 Å². The van der Waals surface area contributed by atoms with Crippen molar-refractivity contribution in [2.45, 2.75) is 19.0 Å². The molecule has 0 saturated carbocycles. The fraction of sp³-hybridized carbons (Fsp3) is 0.462. The molecule has 2 rings (SSSR count). The molecule has 2 N–H and O–H groups in total. The Hall–Kier alpha value is -0.710. The van der Waals surface area contributed by atoms with Gasteiger partial charge in [0.15, 0.2) is 0 Å². The first-order chi connectivity index (χ1) is 8.66. The van der Waals surface area contributed by atoms with Crippen LogP contribution in [0.5, 0.6) is 0 Å². The number of amides is 1. The van der Waals surface area contributed by atoms with Gasteiger partial charge in [-0.05, 0) is 24.6 Å². The molecule has 0 spiro atoms. The van der Waals surface area contributed by atoms with E-state index in [0.717, 1.165) is 23.6 Å². The van der Waals surface area contributed by atoms with Crippen LogP contribution in [-0.4, -0.2) is 30.0 Å². The van der Waals surface area contributed by atoms with E-state index in [1.807, 2.05) is 43.0 Å². The minimum absolute atomic E-state index is 0.0232. The predicted molar refractivity (Wildman–Crippen MR) is 77.1 cm³/mol. The molecule has 0 aromatic heterocycles. The number of carbonyl (C=O) groups excluding carboxylic acids is 1. The molecule has 0 radical (unpaired) electrons. The molecule has 5 heteroatoms. The molecule has 98 valence electrons. The van der Waals surface area contributed by atoms with E-state index < -0.39 is 0 Å². The first-order valence-electron chi connectivity index (χ1n) is 6.04. The van der Waals surface area contributed by atoms with E-state index in [1.54, 1.807) is 0 Å². The summed E-state index contributed by atoms with van der Waals surface area (Å²) in [7, 11) is 0. The highest BCUT2D eigenvalue weighted by Crippen LogP contribution is 2.18. The number of halogens is 1. The standard InChI is InChI=1S/C13H17ClN2OS/c1-9(10-3-2-4-11(14)7-10)16-13(17)12-8-18-6-5-15-12/h2-4,7,9,12,15H,5-6,8H2,1H3,(H,16,17)/t9-,12?/m1/s1. The van der Waals surface area contributed by atoms with Gasteiger partial charge in [-0.2, -0.15) is 11.8 Å². The van der Waals surface area contributed by atoms with Gasteiger partial charge in [0, 0.05) is 23.1 Å². The van der Waals surface area contributed by atoms with Crippen LogP contribution < -0.4 is 10.6 Å². The first kappa shape index (κ1) is 13.7. The minimum Gasteiger partial charge on any atom is -0.348 e. The summed E-state index contributed by atoms with van der Waals surface area (Å²) >= 11 is 7.76. The predicted octanol–water partition coefficient (Wildman–Crippen LogP) is 2.22. The van der Waals surface area contributed by atoms with Crippen molar-refractivity contribution >= 4 is 29.3 Å². The van der Waals surface area contributed by atoms with Crippen LogP contribution in [0.2, 0.25) is 5.02 Å². The summed E-state index contributed by atoms with van der Waals surface area (Å²) in [4.78, 5) is 12.0. The molecule has 18 heavy (non-hydrogen) atoms. The lowest BCUT2D eigenvalue weighted by Gasteiger charge is -2.24. The average Bonchev–Trinajstić information content (AvgIpc) is 2.39. The van der Waals surface area contributed by atoms with Crippen LogP contribution in [0.1, 0.15) is 18.5 Å². The topological polar surface area (TPSA) is 41.1 Å². The van der Waals surface area contributed by atoms with Gasteiger partial charge in [0.2, 0.25) is 5.91 Å². The third kappa shape index (κ3) is 3.64.